The van der Waals surface area contributed by atoms with Gasteiger partial charge in [0.05, 0.1) is 6.54 Å². The van der Waals surface area contributed by atoms with Crippen LogP contribution >= 0.6 is 0 Å². The van der Waals surface area contributed by atoms with E-state index < -0.39 is 23.9 Å². The quantitative estimate of drug-likeness (QED) is 0.685. The molecule has 1 fully saturated rings. The summed E-state index contributed by atoms with van der Waals surface area (Å²) in [5.41, 5.74) is 0. The number of hydrogen-bond donors (Lipinski definition) is 3. The standard InChI is InChI=1S/C13H23N3O4/c1-2-7-14-13(20)15-11(17)9-16-8-5-3-4-6-10(16)12(18)19/h10H,2-9H2,1H3,(H,18,19)(H2,14,15,17,20). The van der Waals surface area contributed by atoms with Crippen molar-refractivity contribution in [3.63, 3.8) is 0 Å². The number of carboxylic acids is 1. The first-order valence-electron chi connectivity index (χ1n) is 7.09. The van der Waals surface area contributed by atoms with Crippen molar-refractivity contribution in [3.05, 3.63) is 0 Å². The van der Waals surface area contributed by atoms with E-state index in [0.717, 1.165) is 25.7 Å². The van der Waals surface area contributed by atoms with Crippen LogP contribution in [0.1, 0.15) is 39.0 Å². The van der Waals surface area contributed by atoms with Gasteiger partial charge >= 0.3 is 12.0 Å². The minimum absolute atomic E-state index is 0.0590. The van der Waals surface area contributed by atoms with Crippen LogP contribution in [-0.2, 0) is 9.59 Å². The van der Waals surface area contributed by atoms with Gasteiger partial charge in [-0.1, -0.05) is 19.8 Å². The highest BCUT2D eigenvalue weighted by molar-refractivity contribution is 5.95. The zero-order valence-corrected chi connectivity index (χ0v) is 11.9. The number of amides is 3. The maximum absolute atomic E-state index is 11.8. The predicted octanol–water partition coefficient (Wildman–Crippen LogP) is 0.551. The Labute approximate surface area is 118 Å². The van der Waals surface area contributed by atoms with Gasteiger partial charge in [0.2, 0.25) is 5.91 Å². The van der Waals surface area contributed by atoms with E-state index in [1.807, 2.05) is 6.92 Å². The molecule has 1 atom stereocenters. The third-order valence-corrected chi connectivity index (χ3v) is 3.28. The van der Waals surface area contributed by atoms with Crippen molar-refractivity contribution in [2.24, 2.45) is 0 Å². The van der Waals surface area contributed by atoms with Crippen LogP contribution in [0, 0.1) is 0 Å². The second-order valence-electron chi connectivity index (χ2n) is 4.98. The van der Waals surface area contributed by atoms with E-state index in [1.165, 1.54) is 0 Å². The van der Waals surface area contributed by atoms with E-state index in [9.17, 15) is 19.5 Å². The molecule has 1 unspecified atom stereocenters. The highest BCUT2D eigenvalue weighted by atomic mass is 16.4. The predicted molar refractivity (Wildman–Crippen MR) is 73.3 cm³/mol. The van der Waals surface area contributed by atoms with Gasteiger partial charge in [-0.15, -0.1) is 0 Å². The summed E-state index contributed by atoms with van der Waals surface area (Å²) < 4.78 is 0. The molecule has 1 saturated heterocycles. The first-order valence-corrected chi connectivity index (χ1v) is 7.09. The van der Waals surface area contributed by atoms with E-state index in [4.69, 9.17) is 0 Å². The van der Waals surface area contributed by atoms with Crippen LogP contribution in [0.3, 0.4) is 0 Å². The Morgan fingerprint density at radius 1 is 1.25 bits per heavy atom. The molecule has 0 aromatic carbocycles. The van der Waals surface area contributed by atoms with Gasteiger partial charge in [0, 0.05) is 6.54 Å². The van der Waals surface area contributed by atoms with E-state index in [2.05, 4.69) is 10.6 Å². The van der Waals surface area contributed by atoms with Crippen LogP contribution in [0.25, 0.3) is 0 Å². The minimum atomic E-state index is -0.907. The molecule has 3 N–H and O–H groups in total. The summed E-state index contributed by atoms with van der Waals surface area (Å²) in [6.45, 7) is 2.93. The van der Waals surface area contributed by atoms with Crippen molar-refractivity contribution in [1.82, 2.24) is 15.5 Å². The van der Waals surface area contributed by atoms with Gasteiger partial charge in [0.15, 0.2) is 0 Å². The average molecular weight is 285 g/mol. The van der Waals surface area contributed by atoms with Gasteiger partial charge < -0.3 is 10.4 Å². The van der Waals surface area contributed by atoms with Crippen molar-refractivity contribution in [2.45, 2.75) is 45.1 Å². The van der Waals surface area contributed by atoms with Crippen LogP contribution in [0.5, 0.6) is 0 Å². The molecule has 0 saturated carbocycles. The Morgan fingerprint density at radius 2 is 2.00 bits per heavy atom. The molecule has 20 heavy (non-hydrogen) atoms. The summed E-state index contributed by atoms with van der Waals surface area (Å²) in [7, 11) is 0. The Balaban J connectivity index is 2.48. The molecule has 0 aliphatic carbocycles. The second-order valence-corrected chi connectivity index (χ2v) is 4.98. The molecule has 1 heterocycles. The maximum atomic E-state index is 11.8. The Bertz CT molecular complexity index is 360. The molecular formula is C13H23N3O4. The average Bonchev–Trinajstić information content (AvgIpc) is 2.61. The zero-order chi connectivity index (χ0) is 15.0. The summed E-state index contributed by atoms with van der Waals surface area (Å²) in [5, 5.41) is 14.0. The molecule has 0 bridgehead atoms. The lowest BCUT2D eigenvalue weighted by Gasteiger charge is -2.25. The first kappa shape index (κ1) is 16.4. The lowest BCUT2D eigenvalue weighted by atomic mass is 10.1. The molecule has 0 aromatic rings. The minimum Gasteiger partial charge on any atom is -0.480 e. The number of nitrogens with zero attached hydrogens (tertiary/aromatic N) is 1. The fraction of sp³-hybridized carbons (Fsp3) is 0.769. The van der Waals surface area contributed by atoms with E-state index >= 15 is 0 Å². The van der Waals surface area contributed by atoms with Gasteiger partial charge in [0.1, 0.15) is 6.04 Å². The van der Waals surface area contributed by atoms with Gasteiger partial charge in [-0.05, 0) is 25.8 Å². The molecule has 7 nitrogen and oxygen atoms in total. The van der Waals surface area contributed by atoms with Crippen molar-refractivity contribution in [3.8, 4) is 0 Å². The van der Waals surface area contributed by atoms with Gasteiger partial charge in [0.25, 0.3) is 0 Å². The third kappa shape index (κ3) is 5.56. The smallest absolute Gasteiger partial charge is 0.321 e. The number of carbonyl (C=O) groups excluding carboxylic acids is 2. The number of aliphatic carboxylic acids is 1. The number of likely N-dealkylation sites (tertiary alicyclic amines) is 1. The molecule has 1 aliphatic heterocycles. The number of rotatable bonds is 5. The molecule has 1 rings (SSSR count). The van der Waals surface area contributed by atoms with Crippen molar-refractivity contribution in [2.75, 3.05) is 19.6 Å². The second kappa shape index (κ2) is 8.52. The van der Waals surface area contributed by atoms with Crippen molar-refractivity contribution in [1.29, 1.82) is 0 Å². The topological polar surface area (TPSA) is 98.7 Å². The number of urea groups is 1. The lowest BCUT2D eigenvalue weighted by Crippen LogP contribution is -2.49. The largest absolute Gasteiger partial charge is 0.480 e. The molecular weight excluding hydrogens is 262 g/mol. The number of hydrogen-bond acceptors (Lipinski definition) is 4. The molecule has 0 aromatic heterocycles. The molecule has 7 heteroatoms. The summed E-state index contributed by atoms with van der Waals surface area (Å²) in [4.78, 5) is 36.0. The summed E-state index contributed by atoms with van der Waals surface area (Å²) in [6, 6.07) is -1.17. The van der Waals surface area contributed by atoms with Gasteiger partial charge in [-0.25, -0.2) is 4.79 Å². The third-order valence-electron chi connectivity index (χ3n) is 3.28. The molecule has 1 aliphatic rings. The van der Waals surface area contributed by atoms with E-state index in [-0.39, 0.29) is 6.54 Å². The highest BCUT2D eigenvalue weighted by Gasteiger charge is 2.28. The van der Waals surface area contributed by atoms with E-state index in [0.29, 0.717) is 19.5 Å². The fourth-order valence-corrected chi connectivity index (χ4v) is 2.27. The van der Waals surface area contributed by atoms with Crippen LogP contribution < -0.4 is 10.6 Å². The number of carboxylic acid groups (broad SMARTS) is 1. The first-order chi connectivity index (χ1) is 9.54. The Hall–Kier alpha value is -1.63. The fourth-order valence-electron chi connectivity index (χ4n) is 2.27. The SMILES string of the molecule is CCCNC(=O)NC(=O)CN1CCCCCC1C(=O)O. The summed E-state index contributed by atoms with van der Waals surface area (Å²) in [6.07, 6.45) is 4.03. The van der Waals surface area contributed by atoms with Crippen molar-refractivity contribution < 1.29 is 19.5 Å². The van der Waals surface area contributed by atoms with Gasteiger partial charge in [-0.3, -0.25) is 19.8 Å². The van der Waals surface area contributed by atoms with Crippen LogP contribution in [0.2, 0.25) is 0 Å². The summed E-state index contributed by atoms with van der Waals surface area (Å²) in [5.74, 6) is -1.37. The summed E-state index contributed by atoms with van der Waals surface area (Å²) >= 11 is 0. The Morgan fingerprint density at radius 3 is 2.65 bits per heavy atom. The molecule has 3 amide bonds. The molecule has 0 spiro atoms. The van der Waals surface area contributed by atoms with Crippen LogP contribution in [0.15, 0.2) is 0 Å². The van der Waals surface area contributed by atoms with Crippen LogP contribution in [0.4, 0.5) is 4.79 Å². The Kier molecular flexibility index (Phi) is 7.00. The van der Waals surface area contributed by atoms with Crippen molar-refractivity contribution >= 4 is 17.9 Å². The monoisotopic (exact) mass is 285 g/mol. The zero-order valence-electron chi connectivity index (χ0n) is 11.9. The molecule has 114 valence electrons. The highest BCUT2D eigenvalue weighted by Crippen LogP contribution is 2.16. The number of imide groups is 1. The van der Waals surface area contributed by atoms with E-state index in [1.54, 1.807) is 4.90 Å². The molecule has 0 radical (unpaired) electrons. The van der Waals surface area contributed by atoms with Gasteiger partial charge in [-0.2, -0.15) is 0 Å². The number of nitrogens with one attached hydrogen (secondary N) is 2. The normalized spacial score (nSPS) is 19.9. The number of carbonyl (C=O) groups is 3. The lowest BCUT2D eigenvalue weighted by molar-refractivity contribution is -0.143. The maximum Gasteiger partial charge on any atom is 0.321 e. The van der Waals surface area contributed by atoms with Crippen LogP contribution in [-0.4, -0.2) is 53.6 Å².